The van der Waals surface area contributed by atoms with Crippen molar-refractivity contribution in [3.63, 3.8) is 0 Å². The number of benzene rings is 1. The Bertz CT molecular complexity index is 506. The topological polar surface area (TPSA) is 73.9 Å². The highest BCUT2D eigenvalue weighted by molar-refractivity contribution is 5.97. The van der Waals surface area contributed by atoms with E-state index in [9.17, 15) is 4.39 Å². The number of rotatable bonds is 6. The lowest BCUT2D eigenvalue weighted by atomic mass is 10.1. The van der Waals surface area contributed by atoms with Crippen molar-refractivity contribution in [1.29, 1.82) is 0 Å². The van der Waals surface area contributed by atoms with E-state index in [1.807, 2.05) is 0 Å². The maximum atomic E-state index is 13.5. The van der Waals surface area contributed by atoms with Gasteiger partial charge in [0, 0.05) is 18.7 Å². The van der Waals surface area contributed by atoms with Crippen molar-refractivity contribution < 1.29 is 9.60 Å². The molecule has 0 spiro atoms. The van der Waals surface area contributed by atoms with Gasteiger partial charge in [-0.15, -0.1) is 0 Å². The Hall–Kier alpha value is -1.66. The van der Waals surface area contributed by atoms with Crippen LogP contribution in [0.15, 0.2) is 23.4 Å². The third kappa shape index (κ3) is 4.41. The third-order valence-corrected chi connectivity index (χ3v) is 3.94. The van der Waals surface area contributed by atoms with E-state index in [2.05, 4.69) is 22.3 Å². The monoisotopic (exact) mass is 294 g/mol. The minimum absolute atomic E-state index is 0.0786. The third-order valence-electron chi connectivity index (χ3n) is 3.94. The fraction of sp³-hybridized carbons (Fsp3) is 0.533. The second kappa shape index (κ2) is 7.38. The zero-order valence-electron chi connectivity index (χ0n) is 12.3. The maximum absolute atomic E-state index is 13.5. The van der Waals surface area contributed by atoms with Gasteiger partial charge in [0.2, 0.25) is 0 Å². The quantitative estimate of drug-likeness (QED) is 0.320. The zero-order chi connectivity index (χ0) is 15.2. The first kappa shape index (κ1) is 15.7. The molecule has 21 heavy (non-hydrogen) atoms. The van der Waals surface area contributed by atoms with Crippen LogP contribution in [-0.4, -0.2) is 42.1 Å². The molecule has 0 bridgehead atoms. The summed E-state index contributed by atoms with van der Waals surface area (Å²) < 4.78 is 13.5. The van der Waals surface area contributed by atoms with Gasteiger partial charge in [-0.1, -0.05) is 12.1 Å². The van der Waals surface area contributed by atoms with Gasteiger partial charge in [-0.3, -0.25) is 0 Å². The lowest BCUT2D eigenvalue weighted by Gasteiger charge is -2.14. The van der Waals surface area contributed by atoms with E-state index in [0.717, 1.165) is 31.7 Å². The van der Waals surface area contributed by atoms with Gasteiger partial charge >= 0.3 is 0 Å². The Morgan fingerprint density at radius 2 is 2.33 bits per heavy atom. The van der Waals surface area contributed by atoms with Crippen molar-refractivity contribution >= 4 is 5.84 Å². The fourth-order valence-corrected chi connectivity index (χ4v) is 2.75. The number of amidine groups is 1. The van der Waals surface area contributed by atoms with Crippen molar-refractivity contribution in [1.82, 2.24) is 10.2 Å². The Morgan fingerprint density at radius 1 is 1.52 bits per heavy atom. The number of likely N-dealkylation sites (tertiary alicyclic amines) is 1. The predicted octanol–water partition coefficient (Wildman–Crippen LogP) is 1.35. The van der Waals surface area contributed by atoms with E-state index >= 15 is 0 Å². The van der Waals surface area contributed by atoms with Crippen LogP contribution in [0.5, 0.6) is 0 Å². The molecule has 0 aliphatic carbocycles. The Labute approximate surface area is 124 Å². The number of nitrogens with two attached hydrogens (primary N) is 1. The molecule has 1 aromatic rings. The van der Waals surface area contributed by atoms with Crippen LogP contribution in [0.1, 0.15) is 24.5 Å². The fourth-order valence-electron chi connectivity index (χ4n) is 2.75. The van der Waals surface area contributed by atoms with Crippen LogP contribution in [0.3, 0.4) is 0 Å². The van der Waals surface area contributed by atoms with E-state index in [1.54, 1.807) is 6.07 Å². The van der Waals surface area contributed by atoms with Gasteiger partial charge in [0.05, 0.1) is 0 Å². The summed E-state index contributed by atoms with van der Waals surface area (Å²) in [7, 11) is 0. The molecule has 1 aliphatic heterocycles. The molecule has 1 heterocycles. The molecule has 0 saturated carbocycles. The van der Waals surface area contributed by atoms with Crippen LogP contribution >= 0.6 is 0 Å². The molecule has 2 rings (SSSR count). The van der Waals surface area contributed by atoms with Gasteiger partial charge in [-0.2, -0.15) is 0 Å². The highest BCUT2D eigenvalue weighted by Gasteiger charge is 2.20. The maximum Gasteiger partial charge on any atom is 0.170 e. The molecular formula is C15H23FN4O. The smallest absolute Gasteiger partial charge is 0.170 e. The van der Waals surface area contributed by atoms with E-state index in [-0.39, 0.29) is 11.7 Å². The van der Waals surface area contributed by atoms with Crippen molar-refractivity contribution in [2.24, 2.45) is 16.8 Å². The van der Waals surface area contributed by atoms with Gasteiger partial charge in [0.15, 0.2) is 5.84 Å². The molecule has 1 saturated heterocycles. The van der Waals surface area contributed by atoms with Crippen LogP contribution in [0.4, 0.5) is 4.39 Å². The van der Waals surface area contributed by atoms with Crippen molar-refractivity contribution in [2.75, 3.05) is 26.2 Å². The summed E-state index contributed by atoms with van der Waals surface area (Å²) in [4.78, 5) is 2.44. The van der Waals surface area contributed by atoms with Gasteiger partial charge < -0.3 is 21.2 Å². The summed E-state index contributed by atoms with van der Waals surface area (Å²) in [5.41, 5.74) is 6.69. The molecule has 0 aromatic heterocycles. The molecule has 0 amide bonds. The van der Waals surface area contributed by atoms with E-state index in [4.69, 9.17) is 10.9 Å². The summed E-state index contributed by atoms with van der Waals surface area (Å²) in [5.74, 6) is 0.195. The predicted molar refractivity (Wildman–Crippen MR) is 80.8 cm³/mol. The Balaban J connectivity index is 1.87. The van der Waals surface area contributed by atoms with Crippen molar-refractivity contribution in [3.8, 4) is 0 Å². The average molecular weight is 294 g/mol. The lowest BCUT2D eigenvalue weighted by Crippen LogP contribution is -2.26. The minimum Gasteiger partial charge on any atom is -0.409 e. The average Bonchev–Trinajstić information content (AvgIpc) is 2.94. The number of hydrogen-bond donors (Lipinski definition) is 3. The summed E-state index contributed by atoms with van der Waals surface area (Å²) in [6.07, 6.45) is 1.21. The summed E-state index contributed by atoms with van der Waals surface area (Å²) in [6.45, 7) is 7.07. The molecule has 1 aliphatic rings. The summed E-state index contributed by atoms with van der Waals surface area (Å²) in [5, 5.41) is 14.9. The van der Waals surface area contributed by atoms with E-state index in [0.29, 0.717) is 18.0 Å². The molecule has 5 nitrogen and oxygen atoms in total. The van der Waals surface area contributed by atoms with Crippen LogP contribution in [-0.2, 0) is 6.54 Å². The summed E-state index contributed by atoms with van der Waals surface area (Å²) in [6, 6.07) is 4.46. The van der Waals surface area contributed by atoms with Gasteiger partial charge in [-0.05, 0) is 55.7 Å². The van der Waals surface area contributed by atoms with Crippen LogP contribution < -0.4 is 11.1 Å². The van der Waals surface area contributed by atoms with E-state index < -0.39 is 0 Å². The molecule has 116 valence electrons. The molecule has 1 fully saturated rings. The first-order valence-electron chi connectivity index (χ1n) is 7.32. The SMILES string of the molecule is CCN1CCC(CNCc2cc(F)cc(/C(N)=N/O)c2)C1. The summed E-state index contributed by atoms with van der Waals surface area (Å²) >= 11 is 0. The van der Waals surface area contributed by atoms with E-state index in [1.165, 1.54) is 18.6 Å². The Kier molecular flexibility index (Phi) is 5.52. The molecule has 0 radical (unpaired) electrons. The zero-order valence-corrected chi connectivity index (χ0v) is 12.3. The van der Waals surface area contributed by atoms with Crippen molar-refractivity contribution in [3.05, 3.63) is 35.1 Å². The standard InChI is InChI=1S/C15H23FN4O/c1-2-20-4-3-11(10-20)8-18-9-12-5-13(15(17)19-21)7-14(16)6-12/h5-7,11,18,21H,2-4,8-10H2,1H3,(H2,17,19). The Morgan fingerprint density at radius 3 is 3.00 bits per heavy atom. The molecule has 1 aromatic carbocycles. The van der Waals surface area contributed by atoms with Crippen LogP contribution in [0.2, 0.25) is 0 Å². The van der Waals surface area contributed by atoms with Gasteiger partial charge in [-0.25, -0.2) is 4.39 Å². The number of nitrogens with zero attached hydrogens (tertiary/aromatic N) is 2. The van der Waals surface area contributed by atoms with Crippen LogP contribution in [0, 0.1) is 11.7 Å². The highest BCUT2D eigenvalue weighted by atomic mass is 19.1. The van der Waals surface area contributed by atoms with Crippen molar-refractivity contribution in [2.45, 2.75) is 19.9 Å². The minimum atomic E-state index is -0.381. The highest BCUT2D eigenvalue weighted by Crippen LogP contribution is 2.15. The largest absolute Gasteiger partial charge is 0.409 e. The molecule has 1 atom stereocenters. The lowest BCUT2D eigenvalue weighted by molar-refractivity contribution is 0.318. The number of oxime groups is 1. The molecule has 1 unspecified atom stereocenters. The number of hydrogen-bond acceptors (Lipinski definition) is 4. The first-order chi connectivity index (χ1) is 10.1. The van der Waals surface area contributed by atoms with Gasteiger partial charge in [0.1, 0.15) is 5.82 Å². The first-order valence-corrected chi connectivity index (χ1v) is 7.32. The number of halogens is 1. The molecule has 4 N–H and O–H groups in total. The second-order valence-electron chi connectivity index (χ2n) is 5.51. The normalized spacial score (nSPS) is 20.1. The van der Waals surface area contributed by atoms with Crippen LogP contribution in [0.25, 0.3) is 0 Å². The second-order valence-corrected chi connectivity index (χ2v) is 5.51. The number of nitrogens with one attached hydrogen (secondary N) is 1. The van der Waals surface area contributed by atoms with Gasteiger partial charge in [0.25, 0.3) is 0 Å². The molecule has 6 heteroatoms. The molecular weight excluding hydrogens is 271 g/mol.